The minimum absolute atomic E-state index is 0.0388. The molecule has 0 radical (unpaired) electrons. The van der Waals surface area contributed by atoms with Crippen molar-refractivity contribution in [3.63, 3.8) is 0 Å². The Morgan fingerprint density at radius 1 is 1.64 bits per heavy atom. The Bertz CT molecular complexity index is 353. The number of phenols is 1. The molecular weight excluding hydrogens is 204 g/mol. The number of nitrogens with zero attached hydrogens (tertiary/aromatic N) is 1. The summed E-state index contributed by atoms with van der Waals surface area (Å²) in [5.74, 6) is 0.684. The zero-order valence-electron chi connectivity index (χ0n) is 7.70. The van der Waals surface area contributed by atoms with Crippen LogP contribution in [0.1, 0.15) is 0 Å². The molecule has 3 N–H and O–H groups in total. The van der Waals surface area contributed by atoms with Crippen LogP contribution in [0.3, 0.4) is 0 Å². The fourth-order valence-electron chi connectivity index (χ4n) is 0.950. The van der Waals surface area contributed by atoms with Gasteiger partial charge in [-0.25, -0.2) is 4.99 Å². The molecule has 1 aromatic rings. The van der Waals surface area contributed by atoms with E-state index in [2.05, 4.69) is 4.99 Å². The normalized spacial score (nSPS) is 11.4. The predicted molar refractivity (Wildman–Crippen MR) is 56.7 cm³/mol. The third-order valence-corrected chi connectivity index (χ3v) is 1.87. The number of rotatable bonds is 3. The summed E-state index contributed by atoms with van der Waals surface area (Å²) in [4.78, 5) is 3.92. The zero-order chi connectivity index (χ0) is 10.6. The van der Waals surface area contributed by atoms with E-state index in [1.165, 1.54) is 7.11 Å². The molecule has 0 aliphatic heterocycles. The van der Waals surface area contributed by atoms with Crippen molar-refractivity contribution in [1.29, 1.82) is 0 Å². The minimum Gasteiger partial charge on any atom is -0.503 e. The van der Waals surface area contributed by atoms with Gasteiger partial charge < -0.3 is 15.6 Å². The Labute approximate surface area is 87.0 Å². The molecule has 0 atom stereocenters. The quantitative estimate of drug-likeness (QED) is 0.457. The maximum absolute atomic E-state index is 9.60. The van der Waals surface area contributed by atoms with Gasteiger partial charge in [-0.15, -0.1) is 11.6 Å². The van der Waals surface area contributed by atoms with E-state index < -0.39 is 0 Å². The van der Waals surface area contributed by atoms with Crippen LogP contribution in [0, 0.1) is 0 Å². The summed E-state index contributed by atoms with van der Waals surface area (Å²) in [6.45, 7) is 0. The summed E-state index contributed by atoms with van der Waals surface area (Å²) < 4.78 is 4.91. The van der Waals surface area contributed by atoms with E-state index in [4.69, 9.17) is 22.1 Å². The van der Waals surface area contributed by atoms with Gasteiger partial charge in [0.15, 0.2) is 11.5 Å². The Kier molecular flexibility index (Phi) is 3.59. The Balaban J connectivity index is 3.10. The molecule has 0 fully saturated rings. The highest BCUT2D eigenvalue weighted by molar-refractivity contribution is 6.28. The first kappa shape index (κ1) is 10.7. The van der Waals surface area contributed by atoms with E-state index in [9.17, 15) is 5.11 Å². The first-order valence-corrected chi connectivity index (χ1v) is 4.47. The van der Waals surface area contributed by atoms with Gasteiger partial charge in [-0.3, -0.25) is 0 Å². The number of aromatic hydroxyl groups is 1. The molecule has 0 bridgehead atoms. The zero-order valence-corrected chi connectivity index (χ0v) is 8.45. The van der Waals surface area contributed by atoms with Gasteiger partial charge in [0.2, 0.25) is 0 Å². The number of methoxy groups -OCH3 is 1. The molecule has 4 nitrogen and oxygen atoms in total. The number of hydrogen-bond donors (Lipinski definition) is 2. The Morgan fingerprint density at radius 2 is 2.36 bits per heavy atom. The highest BCUT2D eigenvalue weighted by Crippen LogP contribution is 2.35. The molecule has 76 valence electrons. The summed E-state index contributed by atoms with van der Waals surface area (Å²) in [5, 5.41) is 9.60. The number of hydrogen-bond acceptors (Lipinski definition) is 3. The van der Waals surface area contributed by atoms with E-state index in [1.807, 2.05) is 0 Å². The summed E-state index contributed by atoms with van der Waals surface area (Å²) in [5.41, 5.74) is 5.78. The third kappa shape index (κ3) is 2.29. The molecule has 1 rings (SSSR count). The van der Waals surface area contributed by atoms with Crippen molar-refractivity contribution in [1.82, 2.24) is 0 Å². The molecule has 0 aliphatic rings. The first-order valence-electron chi connectivity index (χ1n) is 3.94. The van der Waals surface area contributed by atoms with E-state index in [0.29, 0.717) is 11.4 Å². The van der Waals surface area contributed by atoms with Crippen LogP contribution in [0.4, 0.5) is 5.69 Å². The van der Waals surface area contributed by atoms with Crippen molar-refractivity contribution in [3.8, 4) is 11.5 Å². The lowest BCUT2D eigenvalue weighted by atomic mass is 10.3. The van der Waals surface area contributed by atoms with Crippen molar-refractivity contribution in [2.45, 2.75) is 0 Å². The van der Waals surface area contributed by atoms with Crippen molar-refractivity contribution in [2.24, 2.45) is 10.7 Å². The fraction of sp³-hybridized carbons (Fsp3) is 0.222. The molecule has 0 unspecified atom stereocenters. The SMILES string of the molecule is COc1cccc(N=C(N)CCl)c1O. The average molecular weight is 215 g/mol. The topological polar surface area (TPSA) is 67.8 Å². The molecule has 5 heteroatoms. The molecule has 0 heterocycles. The molecule has 0 saturated heterocycles. The summed E-state index contributed by atoms with van der Waals surface area (Å²) >= 11 is 5.46. The van der Waals surface area contributed by atoms with E-state index in [1.54, 1.807) is 18.2 Å². The van der Waals surface area contributed by atoms with Crippen LogP contribution in [-0.4, -0.2) is 23.9 Å². The summed E-state index contributed by atoms with van der Waals surface area (Å²) in [6, 6.07) is 4.96. The summed E-state index contributed by atoms with van der Waals surface area (Å²) in [7, 11) is 1.47. The van der Waals surface area contributed by atoms with Gasteiger partial charge in [-0.1, -0.05) is 6.07 Å². The second kappa shape index (κ2) is 4.72. The van der Waals surface area contributed by atoms with E-state index >= 15 is 0 Å². The third-order valence-electron chi connectivity index (χ3n) is 1.60. The molecule has 0 amide bonds. The van der Waals surface area contributed by atoms with Crippen LogP contribution in [-0.2, 0) is 0 Å². The highest BCUT2D eigenvalue weighted by Gasteiger charge is 2.06. The molecule has 0 aliphatic carbocycles. The van der Waals surface area contributed by atoms with Crippen molar-refractivity contribution in [3.05, 3.63) is 18.2 Å². The second-order valence-electron chi connectivity index (χ2n) is 2.56. The van der Waals surface area contributed by atoms with Crippen molar-refractivity contribution >= 4 is 23.1 Å². The van der Waals surface area contributed by atoms with E-state index in [-0.39, 0.29) is 17.5 Å². The van der Waals surface area contributed by atoms with Gasteiger partial charge >= 0.3 is 0 Å². The number of ether oxygens (including phenoxy) is 1. The number of phenolic OH excluding ortho intramolecular Hbond substituents is 1. The summed E-state index contributed by atoms with van der Waals surface area (Å²) in [6.07, 6.45) is 0. The molecule has 14 heavy (non-hydrogen) atoms. The van der Waals surface area contributed by atoms with Gasteiger partial charge in [-0.2, -0.15) is 0 Å². The lowest BCUT2D eigenvalue weighted by Crippen LogP contribution is -2.12. The standard InChI is InChI=1S/C9H11ClN2O2/c1-14-7-4-2-3-6(9(7)13)12-8(11)5-10/h2-4,13H,5H2,1H3,(H2,11,12). The van der Waals surface area contributed by atoms with Gasteiger partial charge in [0.25, 0.3) is 0 Å². The van der Waals surface area contributed by atoms with Crippen LogP contribution in [0.5, 0.6) is 11.5 Å². The van der Waals surface area contributed by atoms with Crippen LogP contribution >= 0.6 is 11.6 Å². The monoisotopic (exact) mass is 214 g/mol. The highest BCUT2D eigenvalue weighted by atomic mass is 35.5. The van der Waals surface area contributed by atoms with Gasteiger partial charge in [0, 0.05) is 0 Å². The number of nitrogens with two attached hydrogens (primary N) is 1. The first-order chi connectivity index (χ1) is 6.69. The number of aliphatic imine (C=N–C) groups is 1. The molecular formula is C9H11ClN2O2. The van der Waals surface area contributed by atoms with Crippen LogP contribution in [0.2, 0.25) is 0 Å². The van der Waals surface area contributed by atoms with Gasteiger partial charge in [0.05, 0.1) is 13.0 Å². The second-order valence-corrected chi connectivity index (χ2v) is 2.83. The molecule has 0 spiro atoms. The number of amidine groups is 1. The number of halogens is 1. The smallest absolute Gasteiger partial charge is 0.184 e. The fourth-order valence-corrected chi connectivity index (χ4v) is 1.01. The van der Waals surface area contributed by atoms with Crippen LogP contribution in [0.25, 0.3) is 0 Å². The number of para-hydroxylation sites is 1. The Morgan fingerprint density at radius 3 is 2.93 bits per heavy atom. The van der Waals surface area contributed by atoms with Gasteiger partial charge in [-0.05, 0) is 12.1 Å². The molecule has 0 saturated carbocycles. The maximum Gasteiger partial charge on any atom is 0.184 e. The van der Waals surface area contributed by atoms with Crippen LogP contribution < -0.4 is 10.5 Å². The Hall–Kier alpha value is -1.42. The largest absolute Gasteiger partial charge is 0.503 e. The van der Waals surface area contributed by atoms with Crippen molar-refractivity contribution < 1.29 is 9.84 Å². The predicted octanol–water partition coefficient (Wildman–Crippen LogP) is 1.63. The number of benzene rings is 1. The minimum atomic E-state index is -0.0388. The van der Waals surface area contributed by atoms with E-state index in [0.717, 1.165) is 0 Å². The number of alkyl halides is 1. The molecule has 0 aromatic heterocycles. The van der Waals surface area contributed by atoms with Gasteiger partial charge in [0.1, 0.15) is 11.5 Å². The average Bonchev–Trinajstić information content (AvgIpc) is 2.21. The van der Waals surface area contributed by atoms with Crippen LogP contribution in [0.15, 0.2) is 23.2 Å². The lowest BCUT2D eigenvalue weighted by Gasteiger charge is -2.05. The van der Waals surface area contributed by atoms with Crippen molar-refractivity contribution in [2.75, 3.05) is 13.0 Å². The lowest BCUT2D eigenvalue weighted by molar-refractivity contribution is 0.374. The maximum atomic E-state index is 9.60. The molecule has 1 aromatic carbocycles.